The smallest absolute Gasteiger partial charge is 0.273 e. The molecule has 0 bridgehead atoms. The fraction of sp³-hybridized carbons (Fsp3) is 0.292. The number of aromatic nitrogens is 1. The Kier molecular flexibility index (Phi) is 8.11. The van der Waals surface area contributed by atoms with E-state index in [2.05, 4.69) is 4.98 Å². The third-order valence-electron chi connectivity index (χ3n) is 5.47. The molecule has 0 saturated carbocycles. The van der Waals surface area contributed by atoms with Crippen LogP contribution < -0.4 is 14.4 Å². The van der Waals surface area contributed by atoms with Crippen molar-refractivity contribution in [3.63, 3.8) is 0 Å². The molecule has 0 atom stereocenters. The first-order valence-corrected chi connectivity index (χ1v) is 13.4. The van der Waals surface area contributed by atoms with Crippen LogP contribution in [0.5, 0.6) is 11.5 Å². The third-order valence-corrected chi connectivity index (χ3v) is 7.91. The number of amides is 2. The van der Waals surface area contributed by atoms with Gasteiger partial charge in [-0.05, 0) is 37.3 Å². The minimum Gasteiger partial charge on any atom is -0.493 e. The maximum absolute atomic E-state index is 13.8. The van der Waals surface area contributed by atoms with Crippen molar-refractivity contribution in [1.82, 2.24) is 9.88 Å². The normalized spacial score (nSPS) is 13.5. The van der Waals surface area contributed by atoms with Gasteiger partial charge in [0.15, 0.2) is 16.6 Å². The van der Waals surface area contributed by atoms with Crippen molar-refractivity contribution in [2.75, 3.05) is 43.7 Å². The molecular formula is C24H23Cl2N3O4S2. The molecule has 1 fully saturated rings. The number of ether oxygens (including phenoxy) is 2. The molecule has 2 aromatic carbocycles. The van der Waals surface area contributed by atoms with E-state index < -0.39 is 5.91 Å². The molecule has 1 saturated heterocycles. The van der Waals surface area contributed by atoms with Gasteiger partial charge in [0, 0.05) is 40.6 Å². The van der Waals surface area contributed by atoms with Crippen LogP contribution in [0.4, 0.5) is 10.8 Å². The van der Waals surface area contributed by atoms with Gasteiger partial charge < -0.3 is 14.4 Å². The Balaban J connectivity index is 1.81. The van der Waals surface area contributed by atoms with E-state index in [9.17, 15) is 9.59 Å². The second-order valence-electron chi connectivity index (χ2n) is 7.61. The first-order valence-electron chi connectivity index (χ1n) is 10.7. The lowest BCUT2D eigenvalue weighted by Crippen LogP contribution is -2.38. The Labute approximate surface area is 221 Å². The fourth-order valence-electron chi connectivity index (χ4n) is 3.65. The molecule has 0 N–H and O–H groups in total. The summed E-state index contributed by atoms with van der Waals surface area (Å²) in [6, 6.07) is 9.79. The summed E-state index contributed by atoms with van der Waals surface area (Å²) >= 11 is 15.5. The Hall–Kier alpha value is -2.46. The standard InChI is InChI=1S/C24H23Cl2N3O4S2/c1-14-21(23(31)28-8-10-34-11-9-28)27-24(35-14)29(16-5-7-19(32-2)20(13-16)33-3)22(30)17-6-4-15(25)12-18(17)26/h4-7,12-13H,8-11H2,1-3H3. The van der Waals surface area contributed by atoms with E-state index in [1.165, 1.54) is 36.5 Å². The zero-order chi connectivity index (χ0) is 25.1. The van der Waals surface area contributed by atoms with Crippen LogP contribution >= 0.6 is 46.3 Å². The molecule has 2 heterocycles. The Morgan fingerprint density at radius 3 is 2.40 bits per heavy atom. The van der Waals surface area contributed by atoms with Crippen molar-refractivity contribution < 1.29 is 19.1 Å². The number of nitrogens with zero attached hydrogens (tertiary/aromatic N) is 3. The van der Waals surface area contributed by atoms with Crippen LogP contribution in [0.15, 0.2) is 36.4 Å². The number of thiazole rings is 1. The van der Waals surface area contributed by atoms with Gasteiger partial charge >= 0.3 is 0 Å². The summed E-state index contributed by atoms with van der Waals surface area (Å²) in [6.07, 6.45) is 0. The van der Waals surface area contributed by atoms with Crippen LogP contribution in [0.3, 0.4) is 0 Å². The molecule has 2 amide bonds. The first-order chi connectivity index (χ1) is 16.8. The number of thioether (sulfide) groups is 1. The molecule has 0 spiro atoms. The predicted molar refractivity (Wildman–Crippen MR) is 143 cm³/mol. The van der Waals surface area contributed by atoms with Crippen molar-refractivity contribution in [2.45, 2.75) is 6.92 Å². The molecule has 4 rings (SSSR count). The van der Waals surface area contributed by atoms with E-state index in [0.717, 1.165) is 16.4 Å². The van der Waals surface area contributed by atoms with E-state index in [-0.39, 0.29) is 16.5 Å². The molecule has 1 aliphatic rings. The topological polar surface area (TPSA) is 72.0 Å². The minimum atomic E-state index is -0.416. The summed E-state index contributed by atoms with van der Waals surface area (Å²) in [5.41, 5.74) is 1.08. The number of methoxy groups -OCH3 is 2. The van der Waals surface area contributed by atoms with Gasteiger partial charge in [0.05, 0.1) is 30.5 Å². The lowest BCUT2D eigenvalue weighted by Gasteiger charge is -2.26. The molecule has 3 aromatic rings. The van der Waals surface area contributed by atoms with Gasteiger partial charge in [-0.15, -0.1) is 11.3 Å². The number of carbonyl (C=O) groups is 2. The van der Waals surface area contributed by atoms with Gasteiger partial charge in [-0.2, -0.15) is 11.8 Å². The molecule has 0 radical (unpaired) electrons. The van der Waals surface area contributed by atoms with Crippen molar-refractivity contribution in [2.24, 2.45) is 0 Å². The van der Waals surface area contributed by atoms with Crippen molar-refractivity contribution in [3.05, 3.63) is 62.6 Å². The summed E-state index contributed by atoms with van der Waals surface area (Å²) in [7, 11) is 3.06. The summed E-state index contributed by atoms with van der Waals surface area (Å²) < 4.78 is 10.8. The van der Waals surface area contributed by atoms with Crippen LogP contribution in [-0.4, -0.2) is 60.5 Å². The van der Waals surface area contributed by atoms with Gasteiger partial charge in [0.2, 0.25) is 0 Å². The number of hydrogen-bond acceptors (Lipinski definition) is 7. The molecule has 0 unspecified atom stereocenters. The largest absolute Gasteiger partial charge is 0.493 e. The number of anilines is 2. The average Bonchev–Trinajstić information content (AvgIpc) is 3.24. The maximum atomic E-state index is 13.8. The second-order valence-corrected chi connectivity index (χ2v) is 10.9. The fourth-order valence-corrected chi connectivity index (χ4v) is 5.97. The number of rotatable bonds is 6. The van der Waals surface area contributed by atoms with Crippen LogP contribution in [0.2, 0.25) is 10.0 Å². The summed E-state index contributed by atoms with van der Waals surface area (Å²) in [4.78, 5) is 35.6. The zero-order valence-electron chi connectivity index (χ0n) is 19.3. The van der Waals surface area contributed by atoms with Gasteiger partial charge in [0.1, 0.15) is 5.69 Å². The van der Waals surface area contributed by atoms with Crippen LogP contribution in [0.1, 0.15) is 25.7 Å². The molecular weight excluding hydrogens is 529 g/mol. The molecule has 11 heteroatoms. The summed E-state index contributed by atoms with van der Waals surface area (Å²) in [5.74, 6) is 2.21. The highest BCUT2D eigenvalue weighted by Gasteiger charge is 2.29. The molecule has 184 valence electrons. The van der Waals surface area contributed by atoms with Crippen LogP contribution in [0, 0.1) is 6.92 Å². The number of carbonyl (C=O) groups excluding carboxylic acids is 2. The number of hydrogen-bond donors (Lipinski definition) is 0. The Morgan fingerprint density at radius 1 is 1.03 bits per heavy atom. The van der Waals surface area contributed by atoms with Gasteiger partial charge in [-0.3, -0.25) is 14.5 Å². The van der Waals surface area contributed by atoms with Gasteiger partial charge in [-0.25, -0.2) is 4.98 Å². The summed E-state index contributed by atoms with van der Waals surface area (Å²) in [6.45, 7) is 3.18. The zero-order valence-corrected chi connectivity index (χ0v) is 22.5. The average molecular weight is 553 g/mol. The third kappa shape index (κ3) is 5.38. The second kappa shape index (κ2) is 11.1. The Morgan fingerprint density at radius 2 is 1.74 bits per heavy atom. The van der Waals surface area contributed by atoms with Crippen molar-refractivity contribution >= 4 is 68.9 Å². The van der Waals surface area contributed by atoms with E-state index in [4.69, 9.17) is 32.7 Å². The number of benzene rings is 2. The van der Waals surface area contributed by atoms with Gasteiger partial charge in [-0.1, -0.05) is 23.2 Å². The van der Waals surface area contributed by atoms with E-state index in [0.29, 0.717) is 46.1 Å². The molecule has 35 heavy (non-hydrogen) atoms. The molecule has 0 aliphatic carbocycles. The van der Waals surface area contributed by atoms with Crippen molar-refractivity contribution in [1.29, 1.82) is 0 Å². The monoisotopic (exact) mass is 551 g/mol. The van der Waals surface area contributed by atoms with E-state index >= 15 is 0 Å². The molecule has 1 aromatic heterocycles. The highest BCUT2D eigenvalue weighted by molar-refractivity contribution is 7.99. The number of halogens is 2. The van der Waals surface area contributed by atoms with E-state index in [1.54, 1.807) is 35.2 Å². The first kappa shape index (κ1) is 25.6. The van der Waals surface area contributed by atoms with Gasteiger partial charge in [0.25, 0.3) is 11.8 Å². The van der Waals surface area contributed by atoms with Crippen LogP contribution in [-0.2, 0) is 0 Å². The highest BCUT2D eigenvalue weighted by Crippen LogP contribution is 2.39. The van der Waals surface area contributed by atoms with Crippen molar-refractivity contribution in [3.8, 4) is 11.5 Å². The Bertz CT molecular complexity index is 1260. The molecule has 1 aliphatic heterocycles. The predicted octanol–water partition coefficient (Wildman–Crippen LogP) is 5.94. The lowest BCUT2D eigenvalue weighted by molar-refractivity contribution is 0.0766. The van der Waals surface area contributed by atoms with Crippen LogP contribution in [0.25, 0.3) is 0 Å². The number of aryl methyl sites for hydroxylation is 1. The quantitative estimate of drug-likeness (QED) is 0.377. The van der Waals surface area contributed by atoms with E-state index in [1.807, 2.05) is 18.7 Å². The highest BCUT2D eigenvalue weighted by atomic mass is 35.5. The lowest BCUT2D eigenvalue weighted by atomic mass is 10.1. The minimum absolute atomic E-state index is 0.130. The molecule has 7 nitrogen and oxygen atoms in total. The SMILES string of the molecule is COc1ccc(N(C(=O)c2ccc(Cl)cc2Cl)c2nc(C(=O)N3CCSCC3)c(C)s2)cc1OC. The maximum Gasteiger partial charge on any atom is 0.273 e. The summed E-state index contributed by atoms with van der Waals surface area (Å²) in [5, 5.41) is 0.978.